The molecule has 0 bridgehead atoms. The van der Waals surface area contributed by atoms with Gasteiger partial charge in [0.1, 0.15) is 0 Å². The zero-order chi connectivity index (χ0) is 19.7. The minimum absolute atomic E-state index is 0.908. The third-order valence-electron chi connectivity index (χ3n) is 5.15. The Balaban J connectivity index is 2.00. The van der Waals surface area contributed by atoms with Crippen molar-refractivity contribution >= 4 is 16.6 Å². The van der Waals surface area contributed by atoms with Crippen LogP contribution in [0, 0.1) is 20.8 Å². The minimum Gasteiger partial charge on any atom is -0.327 e. The summed E-state index contributed by atoms with van der Waals surface area (Å²) < 4.78 is 2.18. The highest BCUT2D eigenvalue weighted by Crippen LogP contribution is 2.25. The lowest BCUT2D eigenvalue weighted by molar-refractivity contribution is 0.867. The highest BCUT2D eigenvalue weighted by atomic mass is 15.3. The summed E-state index contributed by atoms with van der Waals surface area (Å²) >= 11 is 0. The zero-order valence-corrected chi connectivity index (χ0v) is 16.8. The fraction of sp³-hybridized carbons (Fsp3) is 0.160. The number of hydrogen-bond acceptors (Lipinski definition) is 2. The maximum Gasteiger partial charge on any atom is 0.160 e. The third-order valence-corrected chi connectivity index (χ3v) is 5.15. The molecule has 0 aliphatic carbocycles. The van der Waals surface area contributed by atoms with Crippen LogP contribution in [-0.2, 0) is 7.05 Å². The molecular weight excluding hydrogens is 342 g/mol. The van der Waals surface area contributed by atoms with Gasteiger partial charge >= 0.3 is 0 Å². The van der Waals surface area contributed by atoms with E-state index in [0.29, 0.717) is 0 Å². The standard InChI is InChI=1S/C25H25N3/c1-17-10-12-20(13-11-17)23-16-22-19(3)14-18(2)15-24(22)28(4)25(23)27-26-21-8-6-5-7-9-21/h5-16,26H,1-4H3/b27-25-. The SMILES string of the molecule is Cc1ccc(-c2cc3c(C)cc(C)cc3n(C)/c2=N\Nc2ccccc2)cc1. The van der Waals surface area contributed by atoms with Crippen molar-refractivity contribution in [2.24, 2.45) is 12.1 Å². The minimum atomic E-state index is 0.908. The Morgan fingerprint density at radius 2 is 1.50 bits per heavy atom. The first-order chi connectivity index (χ1) is 13.5. The number of rotatable bonds is 3. The Hall–Kier alpha value is -3.33. The fourth-order valence-electron chi connectivity index (χ4n) is 3.64. The van der Waals surface area contributed by atoms with E-state index in [-0.39, 0.29) is 0 Å². The number of aryl methyl sites for hydroxylation is 4. The molecule has 0 radical (unpaired) electrons. The molecule has 1 aromatic heterocycles. The van der Waals surface area contributed by atoms with Crippen molar-refractivity contribution in [3.63, 3.8) is 0 Å². The molecule has 3 heteroatoms. The number of nitrogens with one attached hydrogen (secondary N) is 1. The Kier molecular flexibility index (Phi) is 4.74. The molecule has 0 atom stereocenters. The summed E-state index contributed by atoms with van der Waals surface area (Å²) in [5, 5.41) is 6.05. The summed E-state index contributed by atoms with van der Waals surface area (Å²) in [7, 11) is 2.09. The number of benzene rings is 3. The van der Waals surface area contributed by atoms with Crippen molar-refractivity contribution in [2.45, 2.75) is 20.8 Å². The van der Waals surface area contributed by atoms with Crippen molar-refractivity contribution in [3.05, 3.63) is 95.0 Å². The second-order valence-electron chi connectivity index (χ2n) is 7.41. The summed E-state index contributed by atoms with van der Waals surface area (Å²) in [5.41, 5.74) is 12.3. The van der Waals surface area contributed by atoms with Crippen molar-refractivity contribution in [3.8, 4) is 11.1 Å². The monoisotopic (exact) mass is 367 g/mol. The number of pyridine rings is 1. The van der Waals surface area contributed by atoms with Gasteiger partial charge in [-0.2, -0.15) is 5.10 Å². The number of fused-ring (bicyclic) bond motifs is 1. The molecule has 3 aromatic carbocycles. The van der Waals surface area contributed by atoms with Gasteiger partial charge in [-0.25, -0.2) is 0 Å². The highest BCUT2D eigenvalue weighted by molar-refractivity contribution is 5.87. The van der Waals surface area contributed by atoms with Crippen LogP contribution in [-0.4, -0.2) is 4.57 Å². The van der Waals surface area contributed by atoms with Gasteiger partial charge in [0.05, 0.1) is 5.69 Å². The van der Waals surface area contributed by atoms with Crippen molar-refractivity contribution in [2.75, 3.05) is 5.43 Å². The van der Waals surface area contributed by atoms with E-state index in [2.05, 4.69) is 80.3 Å². The van der Waals surface area contributed by atoms with Gasteiger partial charge in [0.25, 0.3) is 0 Å². The zero-order valence-electron chi connectivity index (χ0n) is 16.8. The largest absolute Gasteiger partial charge is 0.327 e. The van der Waals surface area contributed by atoms with E-state index in [9.17, 15) is 0 Å². The molecule has 0 aliphatic rings. The van der Waals surface area contributed by atoms with E-state index in [1.807, 2.05) is 30.3 Å². The van der Waals surface area contributed by atoms with E-state index >= 15 is 0 Å². The van der Waals surface area contributed by atoms with Crippen LogP contribution < -0.4 is 10.9 Å². The van der Waals surface area contributed by atoms with Gasteiger partial charge in [-0.3, -0.25) is 5.43 Å². The van der Waals surface area contributed by atoms with Gasteiger partial charge in [0.15, 0.2) is 5.49 Å². The van der Waals surface area contributed by atoms with Crippen molar-refractivity contribution in [1.29, 1.82) is 0 Å². The van der Waals surface area contributed by atoms with Crippen LogP contribution in [0.2, 0.25) is 0 Å². The lowest BCUT2D eigenvalue weighted by atomic mass is 10.00. The molecule has 0 fully saturated rings. The van der Waals surface area contributed by atoms with Crippen LogP contribution >= 0.6 is 0 Å². The summed E-state index contributed by atoms with van der Waals surface area (Å²) in [5.74, 6) is 0. The Labute approximate surface area is 166 Å². The van der Waals surface area contributed by atoms with Crippen molar-refractivity contribution in [1.82, 2.24) is 4.57 Å². The van der Waals surface area contributed by atoms with Gasteiger partial charge in [-0.15, -0.1) is 0 Å². The summed E-state index contributed by atoms with van der Waals surface area (Å²) in [4.78, 5) is 0. The number of para-hydroxylation sites is 1. The highest BCUT2D eigenvalue weighted by Gasteiger charge is 2.10. The Morgan fingerprint density at radius 3 is 2.21 bits per heavy atom. The Morgan fingerprint density at radius 1 is 0.786 bits per heavy atom. The van der Waals surface area contributed by atoms with Crippen LogP contribution in [0.1, 0.15) is 16.7 Å². The van der Waals surface area contributed by atoms with Crippen LogP contribution in [0.3, 0.4) is 0 Å². The second kappa shape index (κ2) is 7.35. The van der Waals surface area contributed by atoms with Crippen LogP contribution in [0.5, 0.6) is 0 Å². The normalized spacial score (nSPS) is 11.8. The molecule has 1 N–H and O–H groups in total. The van der Waals surface area contributed by atoms with E-state index < -0.39 is 0 Å². The number of anilines is 1. The van der Waals surface area contributed by atoms with Crippen LogP contribution in [0.4, 0.5) is 5.69 Å². The molecule has 0 unspecified atom stereocenters. The number of hydrogen-bond donors (Lipinski definition) is 1. The van der Waals surface area contributed by atoms with Crippen LogP contribution in [0.15, 0.2) is 77.9 Å². The molecule has 28 heavy (non-hydrogen) atoms. The first-order valence-electron chi connectivity index (χ1n) is 9.56. The van der Waals surface area contributed by atoms with E-state index in [0.717, 1.165) is 22.3 Å². The van der Waals surface area contributed by atoms with E-state index in [1.54, 1.807) is 0 Å². The molecule has 1 heterocycles. The second-order valence-corrected chi connectivity index (χ2v) is 7.41. The maximum atomic E-state index is 4.80. The molecule has 140 valence electrons. The quantitative estimate of drug-likeness (QED) is 0.463. The van der Waals surface area contributed by atoms with Gasteiger partial charge < -0.3 is 4.57 Å². The maximum absolute atomic E-state index is 4.80. The summed E-state index contributed by atoms with van der Waals surface area (Å²) in [6.45, 7) is 6.42. The topological polar surface area (TPSA) is 29.3 Å². The van der Waals surface area contributed by atoms with Crippen LogP contribution in [0.25, 0.3) is 22.0 Å². The molecule has 4 rings (SSSR count). The smallest absolute Gasteiger partial charge is 0.160 e. The predicted molar refractivity (Wildman–Crippen MR) is 118 cm³/mol. The average Bonchev–Trinajstić information content (AvgIpc) is 2.69. The molecule has 4 aromatic rings. The van der Waals surface area contributed by atoms with Gasteiger partial charge in [0.2, 0.25) is 0 Å². The lowest BCUT2D eigenvalue weighted by Crippen LogP contribution is -2.23. The average molecular weight is 367 g/mol. The number of aromatic nitrogens is 1. The summed E-state index contributed by atoms with van der Waals surface area (Å²) in [6, 6.07) is 25.4. The molecule has 0 amide bonds. The molecular formula is C25H25N3. The predicted octanol–water partition coefficient (Wildman–Crippen LogP) is 5.70. The molecule has 0 aliphatic heterocycles. The van der Waals surface area contributed by atoms with Gasteiger partial charge in [-0.1, -0.05) is 54.1 Å². The van der Waals surface area contributed by atoms with Gasteiger partial charge in [-0.05, 0) is 61.7 Å². The number of nitrogens with zero attached hydrogens (tertiary/aromatic N) is 2. The van der Waals surface area contributed by atoms with E-state index in [1.165, 1.54) is 27.6 Å². The first-order valence-corrected chi connectivity index (χ1v) is 9.56. The van der Waals surface area contributed by atoms with Gasteiger partial charge in [0, 0.05) is 23.5 Å². The fourth-order valence-corrected chi connectivity index (χ4v) is 3.64. The lowest BCUT2D eigenvalue weighted by Gasteiger charge is -2.15. The molecule has 0 saturated heterocycles. The first kappa shape index (κ1) is 18.1. The van der Waals surface area contributed by atoms with Crippen molar-refractivity contribution < 1.29 is 0 Å². The third kappa shape index (κ3) is 3.44. The molecule has 0 saturated carbocycles. The van der Waals surface area contributed by atoms with E-state index in [4.69, 9.17) is 5.10 Å². The molecule has 3 nitrogen and oxygen atoms in total. The summed E-state index contributed by atoms with van der Waals surface area (Å²) in [6.07, 6.45) is 0. The Bertz CT molecular complexity index is 1200. The molecule has 0 spiro atoms.